The van der Waals surface area contributed by atoms with Crippen LogP contribution in [-0.2, 0) is 26.5 Å². The molecule has 0 saturated heterocycles. The van der Waals surface area contributed by atoms with Crippen molar-refractivity contribution in [2.45, 2.75) is 40.0 Å². The summed E-state index contributed by atoms with van der Waals surface area (Å²) in [4.78, 5) is 11.8. The van der Waals surface area contributed by atoms with Crippen LogP contribution in [0.4, 0.5) is 17.1 Å². The molecule has 64 heavy (non-hydrogen) atoms. The van der Waals surface area contributed by atoms with Crippen LogP contribution in [-0.4, -0.2) is 21.2 Å². The van der Waals surface area contributed by atoms with Crippen molar-refractivity contribution in [3.8, 4) is 17.3 Å². The summed E-state index contributed by atoms with van der Waals surface area (Å²) in [7, 11) is 0. The van der Waals surface area contributed by atoms with Crippen LogP contribution in [0, 0.1) is 32.6 Å². The van der Waals surface area contributed by atoms with Crippen molar-refractivity contribution in [1.29, 1.82) is 0 Å². The average Bonchev–Trinajstić information content (AvgIpc) is 3.84. The zero-order valence-electron chi connectivity index (χ0n) is 36.4. The monoisotopic (exact) mass is 1010 g/mol. The molecule has 8 heteroatoms. The largest absolute Gasteiger partial charge is 0.509 e. The van der Waals surface area contributed by atoms with Gasteiger partial charge in [0.05, 0.1) is 5.70 Å². The van der Waals surface area contributed by atoms with Crippen molar-refractivity contribution in [1.82, 2.24) is 14.4 Å². The van der Waals surface area contributed by atoms with E-state index in [0.717, 1.165) is 61.6 Å². The fraction of sp³-hybridized carbons (Fsp3) is 0.107. The second-order valence-corrected chi connectivity index (χ2v) is 17.6. The fourth-order valence-corrected chi connectivity index (χ4v) is 9.28. The van der Waals surface area contributed by atoms with E-state index in [0.29, 0.717) is 11.5 Å². The van der Waals surface area contributed by atoms with Crippen LogP contribution in [0.25, 0.3) is 38.9 Å². The number of anilines is 3. The summed E-state index contributed by atoms with van der Waals surface area (Å²) in [6.07, 6.45) is 8.37. The number of aryl methyl sites for hydroxylation is 2. The van der Waals surface area contributed by atoms with Crippen LogP contribution in [0.3, 0.4) is 0 Å². The van der Waals surface area contributed by atoms with Gasteiger partial charge in [0, 0.05) is 61.3 Å². The normalized spacial score (nSPS) is 14.5. The first-order chi connectivity index (χ1) is 30.7. The third kappa shape index (κ3) is 7.28. The standard InChI is InChI=1S/C56H45BN5O.Pt/c1-38-30-39(2)32-41(31-38)48-36-57-27-13-14-29-61(57)54(40-16-7-6-8-17-40)55(48)60-37-59(50-22-11-12-23-51(50)60)43-18-15-19-44(34-43)63-45-24-25-47-46-20-9-10-21-49(46)62(52(47)35-45)53-33-42(26-28-58-53)56(3,4)5;/h6-33,36-37H,1-5H3;/q-3;. The van der Waals surface area contributed by atoms with E-state index in [9.17, 15) is 0 Å². The van der Waals surface area contributed by atoms with Crippen LogP contribution in [0.5, 0.6) is 11.5 Å². The number of para-hydroxylation sites is 3. The number of ether oxygens (including phenoxy) is 1. The number of hydrogen-bond acceptors (Lipinski definition) is 5. The maximum atomic E-state index is 6.68. The van der Waals surface area contributed by atoms with Crippen LogP contribution in [0.15, 0.2) is 182 Å². The van der Waals surface area contributed by atoms with Gasteiger partial charge in [0.25, 0.3) is 0 Å². The maximum absolute atomic E-state index is 6.68. The molecule has 2 aromatic heterocycles. The van der Waals surface area contributed by atoms with E-state index in [-0.39, 0.29) is 33.3 Å². The van der Waals surface area contributed by atoms with Gasteiger partial charge in [-0.1, -0.05) is 134 Å². The molecule has 3 aliphatic heterocycles. The SMILES string of the molecule is Cc1cc(C)cc(C2=CB3C=CC=CN3C(c3ccccc3)=C2N2[CH-]N(c3[c-]c(Oc4[c-]c5c(cc4)c4ccccc4n5-c4cc(C(C)(C)C)ccn4)ccc3)c3ccccc32)c1.[Pt]. The Morgan fingerprint density at radius 2 is 1.39 bits per heavy atom. The molecule has 0 fully saturated rings. The summed E-state index contributed by atoms with van der Waals surface area (Å²) >= 11 is 0. The Balaban J connectivity index is 0.00000484. The molecule has 0 saturated carbocycles. The number of benzene rings is 6. The summed E-state index contributed by atoms with van der Waals surface area (Å²) in [6, 6.07) is 56.4. The molecule has 0 aliphatic carbocycles. The zero-order valence-corrected chi connectivity index (χ0v) is 38.6. The van der Waals surface area contributed by atoms with E-state index >= 15 is 0 Å². The molecular formula is C56H45BN5OPt-3. The second-order valence-electron chi connectivity index (χ2n) is 17.6. The van der Waals surface area contributed by atoms with E-state index in [1.165, 1.54) is 27.8 Å². The van der Waals surface area contributed by atoms with Crippen molar-refractivity contribution >= 4 is 57.0 Å². The zero-order chi connectivity index (χ0) is 42.8. The fourth-order valence-electron chi connectivity index (χ4n) is 9.28. The molecular weight excluding hydrogens is 965 g/mol. The summed E-state index contributed by atoms with van der Waals surface area (Å²) in [5, 5.41) is 2.23. The van der Waals surface area contributed by atoms with Gasteiger partial charge < -0.3 is 23.9 Å². The van der Waals surface area contributed by atoms with Gasteiger partial charge in [-0.2, -0.15) is 12.1 Å². The molecule has 0 N–H and O–H groups in total. The van der Waals surface area contributed by atoms with Crippen molar-refractivity contribution < 1.29 is 25.8 Å². The first-order valence-electron chi connectivity index (χ1n) is 21.6. The quantitative estimate of drug-likeness (QED) is 0.117. The third-order valence-corrected chi connectivity index (χ3v) is 12.1. The Labute approximate surface area is 390 Å². The van der Waals surface area contributed by atoms with Crippen molar-refractivity contribution in [3.05, 3.63) is 228 Å². The molecule has 0 spiro atoms. The van der Waals surface area contributed by atoms with Gasteiger partial charge >= 0.3 is 6.85 Å². The van der Waals surface area contributed by atoms with Gasteiger partial charge in [-0.25, -0.2) is 4.98 Å². The van der Waals surface area contributed by atoms with Crippen LogP contribution < -0.4 is 14.5 Å². The minimum atomic E-state index is -0.0262. The van der Waals surface area contributed by atoms with Gasteiger partial charge in [-0.15, -0.1) is 48.1 Å². The van der Waals surface area contributed by atoms with Gasteiger partial charge in [0.1, 0.15) is 5.82 Å². The molecule has 0 atom stereocenters. The predicted molar refractivity (Wildman–Crippen MR) is 260 cm³/mol. The summed E-state index contributed by atoms with van der Waals surface area (Å²) < 4.78 is 8.87. The smallest absolute Gasteiger partial charge is 0.313 e. The second kappa shape index (κ2) is 16.4. The Morgan fingerprint density at radius 3 is 2.19 bits per heavy atom. The van der Waals surface area contributed by atoms with Gasteiger partial charge in [-0.3, -0.25) is 0 Å². The van der Waals surface area contributed by atoms with E-state index in [1.807, 2.05) is 24.4 Å². The van der Waals surface area contributed by atoms with Crippen molar-refractivity contribution in [2.75, 3.05) is 9.80 Å². The molecule has 316 valence electrons. The summed E-state index contributed by atoms with van der Waals surface area (Å²) in [5.41, 5.74) is 14.4. The molecule has 0 unspecified atom stereocenters. The van der Waals surface area contributed by atoms with E-state index < -0.39 is 0 Å². The number of nitrogens with zero attached hydrogens (tertiary/aromatic N) is 5. The number of pyridine rings is 1. The van der Waals surface area contributed by atoms with Gasteiger partial charge in [0.2, 0.25) is 0 Å². The van der Waals surface area contributed by atoms with E-state index in [1.54, 1.807) is 0 Å². The Kier molecular flexibility index (Phi) is 10.6. The summed E-state index contributed by atoms with van der Waals surface area (Å²) in [5.74, 6) is 6.72. The molecule has 3 aliphatic rings. The van der Waals surface area contributed by atoms with E-state index in [2.05, 4.69) is 224 Å². The first kappa shape index (κ1) is 41.2. The average molecular weight is 1010 g/mol. The molecule has 6 nitrogen and oxygen atoms in total. The van der Waals surface area contributed by atoms with Crippen molar-refractivity contribution in [2.24, 2.45) is 0 Å². The Bertz CT molecular complexity index is 3210. The number of fused-ring (bicyclic) bond motifs is 5. The van der Waals surface area contributed by atoms with Crippen LogP contribution >= 0.6 is 0 Å². The Morgan fingerprint density at radius 1 is 0.656 bits per heavy atom. The molecule has 8 aromatic rings. The number of rotatable bonds is 7. The minimum absolute atomic E-state index is 0. The van der Waals surface area contributed by atoms with Gasteiger partial charge in [-0.05, 0) is 89.5 Å². The number of aromatic nitrogens is 2. The molecule has 11 rings (SSSR count). The van der Waals surface area contributed by atoms with Gasteiger partial charge in [0.15, 0.2) is 0 Å². The Hall–Kier alpha value is -6.82. The molecule has 0 amide bonds. The molecule has 0 bridgehead atoms. The number of allylic oxidation sites excluding steroid dienone is 3. The number of hydrogen-bond donors (Lipinski definition) is 0. The summed E-state index contributed by atoms with van der Waals surface area (Å²) in [6.45, 7) is 13.3. The predicted octanol–water partition coefficient (Wildman–Crippen LogP) is 13.5. The topological polar surface area (TPSA) is 36.8 Å². The molecule has 5 heterocycles. The molecule has 6 aromatic carbocycles. The van der Waals surface area contributed by atoms with Crippen LogP contribution in [0.2, 0.25) is 0 Å². The van der Waals surface area contributed by atoms with Crippen LogP contribution in [0.1, 0.15) is 48.6 Å². The van der Waals surface area contributed by atoms with E-state index in [4.69, 9.17) is 9.72 Å². The van der Waals surface area contributed by atoms with Crippen molar-refractivity contribution in [3.63, 3.8) is 0 Å². The minimum Gasteiger partial charge on any atom is -0.509 e. The third-order valence-electron chi connectivity index (χ3n) is 12.1. The maximum Gasteiger partial charge on any atom is 0.313 e. The molecule has 0 radical (unpaired) electrons. The first-order valence-corrected chi connectivity index (χ1v) is 21.6.